The van der Waals surface area contributed by atoms with E-state index in [0.29, 0.717) is 6.04 Å². The lowest BCUT2D eigenvalue weighted by Crippen LogP contribution is -2.26. The molecule has 64 valence electrons. The smallest absolute Gasteiger partial charge is 0.244 e. The van der Waals surface area contributed by atoms with Crippen LogP contribution < -0.4 is 0 Å². The van der Waals surface area contributed by atoms with Crippen LogP contribution in [-0.2, 0) is 0 Å². The zero-order valence-corrected chi connectivity index (χ0v) is 8.09. The molecule has 0 N–H and O–H groups in total. The normalized spacial score (nSPS) is 25.1. The number of hydrogen-bond acceptors (Lipinski definition) is 1. The van der Waals surface area contributed by atoms with Gasteiger partial charge in [0.05, 0.1) is 13.1 Å². The molecule has 1 unspecified atom stereocenters. The van der Waals surface area contributed by atoms with E-state index in [-0.39, 0.29) is 0 Å². The molecule has 1 aliphatic heterocycles. The van der Waals surface area contributed by atoms with Crippen LogP contribution in [0.25, 0.3) is 0 Å². The monoisotopic (exact) mass is 155 g/mol. The Bertz CT molecular complexity index is 172. The summed E-state index contributed by atoms with van der Waals surface area (Å²) in [6.07, 6.45) is 0. The van der Waals surface area contributed by atoms with Crippen LogP contribution in [0.4, 0.5) is 0 Å². The Balaban J connectivity index is 2.76. The van der Waals surface area contributed by atoms with Gasteiger partial charge in [0.2, 0.25) is 5.84 Å². The minimum atomic E-state index is 0.708. The van der Waals surface area contributed by atoms with Crippen molar-refractivity contribution in [3.05, 3.63) is 0 Å². The molecule has 0 saturated heterocycles. The zero-order valence-electron chi connectivity index (χ0n) is 8.09. The molecular formula is C9H19N2+. The lowest BCUT2D eigenvalue weighted by Gasteiger charge is -2.05. The first-order valence-electron chi connectivity index (χ1n) is 4.55. The number of hydrogen-bond donors (Lipinski definition) is 0. The van der Waals surface area contributed by atoms with Crippen molar-refractivity contribution >= 4 is 5.84 Å². The molecule has 0 bridgehead atoms. The maximum Gasteiger partial charge on any atom is 0.244 e. The Morgan fingerprint density at radius 2 is 2.18 bits per heavy atom. The molecule has 0 aromatic rings. The molecule has 0 aliphatic carbocycles. The largest absolute Gasteiger partial charge is 0.262 e. The quantitative estimate of drug-likeness (QED) is 0.542. The van der Waals surface area contributed by atoms with Crippen LogP contribution in [0.2, 0.25) is 0 Å². The van der Waals surface area contributed by atoms with E-state index in [1.54, 1.807) is 0 Å². The summed E-state index contributed by atoms with van der Waals surface area (Å²) in [5.41, 5.74) is 0. The van der Waals surface area contributed by atoms with Gasteiger partial charge in [0, 0.05) is 6.92 Å². The second kappa shape index (κ2) is 3.24. The van der Waals surface area contributed by atoms with E-state index in [9.17, 15) is 0 Å². The third-order valence-corrected chi connectivity index (χ3v) is 2.61. The molecule has 2 heteroatoms. The molecular weight excluding hydrogens is 136 g/mol. The number of amidine groups is 1. The summed E-state index contributed by atoms with van der Waals surface area (Å²) in [5.74, 6) is 1.45. The van der Waals surface area contributed by atoms with E-state index in [4.69, 9.17) is 0 Å². The maximum atomic E-state index is 2.46. The predicted octanol–water partition coefficient (Wildman–Crippen LogP) is 1.16. The van der Waals surface area contributed by atoms with E-state index >= 15 is 0 Å². The highest BCUT2D eigenvalue weighted by molar-refractivity contribution is 5.75. The predicted molar refractivity (Wildman–Crippen MR) is 48.2 cm³/mol. The van der Waals surface area contributed by atoms with Crippen molar-refractivity contribution in [2.75, 3.05) is 19.6 Å². The molecule has 1 rings (SSSR count). The maximum absolute atomic E-state index is 2.46. The summed E-state index contributed by atoms with van der Waals surface area (Å²) in [4.78, 5) is 2.44. The molecule has 0 amide bonds. The van der Waals surface area contributed by atoms with Gasteiger partial charge in [-0.25, -0.2) is 0 Å². The molecule has 0 saturated carbocycles. The van der Waals surface area contributed by atoms with Gasteiger partial charge in [0.15, 0.2) is 0 Å². The average Bonchev–Trinajstić information content (AvgIpc) is 2.26. The van der Waals surface area contributed by atoms with Crippen molar-refractivity contribution in [1.29, 1.82) is 0 Å². The highest BCUT2D eigenvalue weighted by Crippen LogP contribution is 2.07. The first kappa shape index (κ1) is 8.57. The second-order valence-electron chi connectivity index (χ2n) is 3.22. The van der Waals surface area contributed by atoms with Crippen LogP contribution in [0, 0.1) is 0 Å². The van der Waals surface area contributed by atoms with E-state index in [2.05, 4.69) is 37.2 Å². The van der Waals surface area contributed by atoms with E-state index < -0.39 is 0 Å². The summed E-state index contributed by atoms with van der Waals surface area (Å²) in [6, 6.07) is 0.708. The minimum Gasteiger partial charge on any atom is -0.262 e. The molecule has 1 aliphatic rings. The van der Waals surface area contributed by atoms with Crippen LogP contribution in [0.5, 0.6) is 0 Å². The van der Waals surface area contributed by atoms with Gasteiger partial charge >= 0.3 is 0 Å². The van der Waals surface area contributed by atoms with E-state index in [0.717, 1.165) is 13.1 Å². The Labute approximate surface area is 69.5 Å². The number of nitrogens with zero attached hydrogens (tertiary/aromatic N) is 2. The van der Waals surface area contributed by atoms with Gasteiger partial charge in [-0.15, -0.1) is 0 Å². The lowest BCUT2D eigenvalue weighted by atomic mass is 10.3. The van der Waals surface area contributed by atoms with Gasteiger partial charge in [-0.2, -0.15) is 0 Å². The van der Waals surface area contributed by atoms with Crippen molar-refractivity contribution in [2.24, 2.45) is 0 Å². The Morgan fingerprint density at radius 3 is 2.45 bits per heavy atom. The van der Waals surface area contributed by atoms with Crippen LogP contribution in [0.1, 0.15) is 27.7 Å². The third kappa shape index (κ3) is 1.39. The summed E-state index contributed by atoms with van der Waals surface area (Å²) in [6.45, 7) is 12.4. The van der Waals surface area contributed by atoms with Gasteiger partial charge in [-0.05, 0) is 20.8 Å². The van der Waals surface area contributed by atoms with Gasteiger partial charge in [-0.3, -0.25) is 9.48 Å². The first-order valence-corrected chi connectivity index (χ1v) is 4.55. The average molecular weight is 155 g/mol. The Kier molecular flexibility index (Phi) is 2.53. The Morgan fingerprint density at radius 1 is 1.55 bits per heavy atom. The SMILES string of the molecule is CCN1CC(C)[N+](CC)=C1C. The second-order valence-corrected chi connectivity index (χ2v) is 3.22. The summed E-state index contributed by atoms with van der Waals surface area (Å²) in [7, 11) is 0. The first-order chi connectivity index (χ1) is 5.20. The van der Waals surface area contributed by atoms with E-state index in [1.165, 1.54) is 12.4 Å². The van der Waals surface area contributed by atoms with Crippen molar-refractivity contribution in [2.45, 2.75) is 33.7 Å². The zero-order chi connectivity index (χ0) is 8.43. The fourth-order valence-corrected chi connectivity index (χ4v) is 1.95. The van der Waals surface area contributed by atoms with Crippen molar-refractivity contribution in [3.63, 3.8) is 0 Å². The standard InChI is InChI=1S/C9H19N2/c1-5-10-7-8(3)11(6-2)9(10)4/h8H,5-7H2,1-4H3/q+1. The highest BCUT2D eigenvalue weighted by atomic mass is 15.3. The highest BCUT2D eigenvalue weighted by Gasteiger charge is 2.30. The van der Waals surface area contributed by atoms with Gasteiger partial charge < -0.3 is 0 Å². The van der Waals surface area contributed by atoms with Crippen LogP contribution >= 0.6 is 0 Å². The molecule has 0 aromatic carbocycles. The number of rotatable bonds is 2. The molecule has 0 radical (unpaired) electrons. The minimum absolute atomic E-state index is 0.708. The number of likely N-dealkylation sites (N-methyl/N-ethyl adjacent to an activating group) is 2. The van der Waals surface area contributed by atoms with Crippen LogP contribution in [0.3, 0.4) is 0 Å². The summed E-state index contributed by atoms with van der Waals surface area (Å²) in [5, 5.41) is 0. The fraction of sp³-hybridized carbons (Fsp3) is 0.889. The lowest BCUT2D eigenvalue weighted by molar-refractivity contribution is -0.548. The van der Waals surface area contributed by atoms with E-state index in [1.807, 2.05) is 0 Å². The third-order valence-electron chi connectivity index (χ3n) is 2.61. The molecule has 1 atom stereocenters. The molecule has 11 heavy (non-hydrogen) atoms. The topological polar surface area (TPSA) is 6.25 Å². The molecule has 0 aromatic heterocycles. The fourth-order valence-electron chi connectivity index (χ4n) is 1.95. The van der Waals surface area contributed by atoms with Gasteiger partial charge in [0.25, 0.3) is 0 Å². The van der Waals surface area contributed by atoms with Crippen LogP contribution in [0.15, 0.2) is 0 Å². The van der Waals surface area contributed by atoms with Crippen molar-refractivity contribution in [3.8, 4) is 0 Å². The van der Waals surface area contributed by atoms with Gasteiger partial charge in [0.1, 0.15) is 12.6 Å². The summed E-state index contributed by atoms with van der Waals surface area (Å²) < 4.78 is 2.46. The van der Waals surface area contributed by atoms with Crippen LogP contribution in [-0.4, -0.2) is 41.0 Å². The summed E-state index contributed by atoms with van der Waals surface area (Å²) >= 11 is 0. The molecule has 2 nitrogen and oxygen atoms in total. The molecule has 1 heterocycles. The van der Waals surface area contributed by atoms with Gasteiger partial charge in [-0.1, -0.05) is 0 Å². The molecule has 0 spiro atoms. The van der Waals surface area contributed by atoms with Crippen molar-refractivity contribution < 1.29 is 4.58 Å². The molecule has 0 fully saturated rings. The Hall–Kier alpha value is -0.530. The van der Waals surface area contributed by atoms with Crippen molar-refractivity contribution in [1.82, 2.24) is 4.90 Å².